The monoisotopic (exact) mass is 415 g/mol. The van der Waals surface area contributed by atoms with Crippen molar-refractivity contribution in [1.82, 2.24) is 5.01 Å². The lowest BCUT2D eigenvalue weighted by molar-refractivity contribution is -0.144. The lowest BCUT2D eigenvalue weighted by Crippen LogP contribution is -2.51. The highest BCUT2D eigenvalue weighted by molar-refractivity contribution is 6.37. The number of hydrogen-bond donors (Lipinski definition) is 0. The van der Waals surface area contributed by atoms with Gasteiger partial charge in [-0.15, -0.1) is 0 Å². The second kappa shape index (κ2) is 6.43. The Labute approximate surface area is 171 Å². The van der Waals surface area contributed by atoms with Gasteiger partial charge in [-0.3, -0.25) is 14.4 Å². The number of hydrazone groups is 1. The predicted molar refractivity (Wildman–Crippen MR) is 106 cm³/mol. The fourth-order valence-corrected chi connectivity index (χ4v) is 4.40. The van der Waals surface area contributed by atoms with Crippen LogP contribution in [0.2, 0.25) is 10.0 Å². The fourth-order valence-electron chi connectivity index (χ4n) is 3.89. The second-order valence-corrected chi connectivity index (χ2v) is 7.56. The quantitative estimate of drug-likeness (QED) is 0.711. The molecule has 28 heavy (non-hydrogen) atoms. The van der Waals surface area contributed by atoms with E-state index in [4.69, 9.17) is 23.2 Å². The Bertz CT molecular complexity index is 1080. The lowest BCUT2D eigenvalue weighted by Gasteiger charge is -2.30. The number of halogens is 2. The third-order valence-corrected chi connectivity index (χ3v) is 5.56. The normalized spacial score (nSPS) is 20.6. The van der Waals surface area contributed by atoms with Gasteiger partial charge in [0.2, 0.25) is 11.8 Å². The molecule has 8 heteroatoms. The van der Waals surface area contributed by atoms with Gasteiger partial charge in [-0.05, 0) is 18.2 Å². The van der Waals surface area contributed by atoms with E-state index in [0.717, 1.165) is 9.91 Å². The fraction of sp³-hybridized carbons (Fsp3) is 0.200. The summed E-state index contributed by atoms with van der Waals surface area (Å²) in [5, 5.41) is 6.44. The number of amides is 3. The van der Waals surface area contributed by atoms with E-state index >= 15 is 0 Å². The van der Waals surface area contributed by atoms with E-state index in [2.05, 4.69) is 5.10 Å². The van der Waals surface area contributed by atoms with Gasteiger partial charge in [-0.2, -0.15) is 5.10 Å². The van der Waals surface area contributed by atoms with Crippen molar-refractivity contribution in [2.24, 2.45) is 5.10 Å². The van der Waals surface area contributed by atoms with Gasteiger partial charge in [0.15, 0.2) is 5.54 Å². The van der Waals surface area contributed by atoms with Crippen LogP contribution in [0.3, 0.4) is 0 Å². The number of rotatable bonds is 1. The summed E-state index contributed by atoms with van der Waals surface area (Å²) in [5.41, 5.74) is 0.678. The molecule has 142 valence electrons. The lowest BCUT2D eigenvalue weighted by atomic mass is 9.85. The van der Waals surface area contributed by atoms with Gasteiger partial charge < -0.3 is 0 Å². The second-order valence-electron chi connectivity index (χ2n) is 6.72. The van der Waals surface area contributed by atoms with E-state index in [1.165, 1.54) is 13.8 Å². The van der Waals surface area contributed by atoms with E-state index in [1.54, 1.807) is 42.5 Å². The molecule has 1 spiro atoms. The molecular formula is C20H15Cl2N3O3. The van der Waals surface area contributed by atoms with Crippen molar-refractivity contribution in [3.63, 3.8) is 0 Å². The van der Waals surface area contributed by atoms with Crippen molar-refractivity contribution in [3.8, 4) is 0 Å². The van der Waals surface area contributed by atoms with Gasteiger partial charge >= 0.3 is 0 Å². The Morgan fingerprint density at radius 1 is 1.07 bits per heavy atom. The zero-order valence-corrected chi connectivity index (χ0v) is 16.6. The number of benzene rings is 2. The number of carbonyl (C=O) groups excluding carboxylic acids is 3. The molecule has 2 aromatic carbocycles. The summed E-state index contributed by atoms with van der Waals surface area (Å²) in [6.07, 6.45) is 0.105. The summed E-state index contributed by atoms with van der Waals surface area (Å²) in [7, 11) is 0. The first-order chi connectivity index (χ1) is 13.3. The van der Waals surface area contributed by atoms with E-state index in [-0.39, 0.29) is 6.42 Å². The highest BCUT2D eigenvalue weighted by Gasteiger charge is 2.60. The van der Waals surface area contributed by atoms with E-state index in [1.807, 2.05) is 0 Å². The van der Waals surface area contributed by atoms with Crippen LogP contribution in [0.15, 0.2) is 47.6 Å². The number of fused-ring (bicyclic) bond motifs is 2. The van der Waals surface area contributed by atoms with E-state index in [0.29, 0.717) is 32.6 Å². The summed E-state index contributed by atoms with van der Waals surface area (Å²) < 4.78 is 0. The molecule has 0 saturated carbocycles. The maximum atomic E-state index is 13.4. The minimum absolute atomic E-state index is 0.105. The topological polar surface area (TPSA) is 70.1 Å². The van der Waals surface area contributed by atoms with E-state index < -0.39 is 23.3 Å². The number of carbonyl (C=O) groups is 3. The average molecular weight is 416 g/mol. The number of nitrogens with zero attached hydrogens (tertiary/aromatic N) is 3. The summed E-state index contributed by atoms with van der Waals surface area (Å²) in [6.45, 7) is 2.66. The smallest absolute Gasteiger partial charge is 0.266 e. The highest BCUT2D eigenvalue weighted by atomic mass is 35.5. The number of imide groups is 1. The SMILES string of the molecule is CC(=O)N1C(=O)[C@@]2(CC(c3ccc(Cl)cc3Cl)=NN2C(C)=O)c2ccccc21. The van der Waals surface area contributed by atoms with Gasteiger partial charge in [0, 0.05) is 36.4 Å². The molecule has 0 aromatic heterocycles. The van der Waals surface area contributed by atoms with Gasteiger partial charge in [0.25, 0.3) is 5.91 Å². The van der Waals surface area contributed by atoms with Crippen LogP contribution in [0.1, 0.15) is 31.4 Å². The Hall–Kier alpha value is -2.70. The molecular weight excluding hydrogens is 401 g/mol. The molecule has 4 rings (SSSR count). The molecule has 2 aromatic rings. The first-order valence-corrected chi connectivity index (χ1v) is 9.31. The molecule has 2 aliphatic rings. The minimum atomic E-state index is -1.41. The Kier molecular flexibility index (Phi) is 4.28. The molecule has 0 N–H and O–H groups in total. The maximum Gasteiger partial charge on any atom is 0.266 e. The number of anilines is 1. The largest absolute Gasteiger partial charge is 0.274 e. The zero-order valence-electron chi connectivity index (χ0n) is 15.1. The van der Waals surface area contributed by atoms with Crippen LogP contribution in [0.4, 0.5) is 5.69 Å². The van der Waals surface area contributed by atoms with Crippen LogP contribution in [0.5, 0.6) is 0 Å². The van der Waals surface area contributed by atoms with Crippen LogP contribution >= 0.6 is 23.2 Å². The van der Waals surface area contributed by atoms with Gasteiger partial charge in [0.1, 0.15) is 0 Å². The van der Waals surface area contributed by atoms with Gasteiger partial charge in [-0.25, -0.2) is 9.91 Å². The standard InChI is InChI=1S/C20H15Cl2N3O3/c1-11(26)24-18-6-4-3-5-15(18)20(19(24)28)10-17(23-25(20)12(2)27)14-8-7-13(21)9-16(14)22/h3-9H,10H2,1-2H3/t20-/m1/s1. The zero-order chi connectivity index (χ0) is 20.2. The van der Waals surface area contributed by atoms with Crippen molar-refractivity contribution in [2.45, 2.75) is 25.8 Å². The maximum absolute atomic E-state index is 13.4. The van der Waals surface area contributed by atoms with Crippen LogP contribution in [0, 0.1) is 0 Å². The Morgan fingerprint density at radius 3 is 2.43 bits per heavy atom. The number of para-hydroxylation sites is 1. The molecule has 0 radical (unpaired) electrons. The van der Waals surface area contributed by atoms with E-state index in [9.17, 15) is 14.4 Å². The first-order valence-electron chi connectivity index (χ1n) is 8.55. The molecule has 0 bridgehead atoms. The van der Waals surface area contributed by atoms with Gasteiger partial charge in [-0.1, -0.05) is 47.5 Å². The molecule has 1 atom stereocenters. The molecule has 0 aliphatic carbocycles. The molecule has 0 saturated heterocycles. The third-order valence-electron chi connectivity index (χ3n) is 5.01. The molecule has 2 aliphatic heterocycles. The van der Waals surface area contributed by atoms with Crippen molar-refractivity contribution >= 4 is 52.3 Å². The van der Waals surface area contributed by atoms with Crippen LogP contribution in [0.25, 0.3) is 0 Å². The van der Waals surface area contributed by atoms with Crippen LogP contribution < -0.4 is 4.90 Å². The summed E-state index contributed by atoms with van der Waals surface area (Å²) >= 11 is 12.3. The minimum Gasteiger partial charge on any atom is -0.274 e. The Balaban J connectivity index is 1.91. The average Bonchev–Trinajstić information content (AvgIpc) is 3.14. The summed E-state index contributed by atoms with van der Waals surface area (Å²) in [6, 6.07) is 11.9. The summed E-state index contributed by atoms with van der Waals surface area (Å²) in [5.74, 6) is -1.33. The predicted octanol–water partition coefficient (Wildman–Crippen LogP) is 3.74. The third kappa shape index (κ3) is 2.48. The molecule has 3 amide bonds. The molecule has 6 nitrogen and oxygen atoms in total. The van der Waals surface area contributed by atoms with Crippen molar-refractivity contribution in [1.29, 1.82) is 0 Å². The van der Waals surface area contributed by atoms with Crippen LogP contribution in [-0.4, -0.2) is 28.4 Å². The molecule has 2 heterocycles. The van der Waals surface area contributed by atoms with Gasteiger partial charge in [0.05, 0.1) is 16.4 Å². The molecule has 0 fully saturated rings. The number of hydrogen-bond acceptors (Lipinski definition) is 4. The van der Waals surface area contributed by atoms with Crippen molar-refractivity contribution < 1.29 is 14.4 Å². The Morgan fingerprint density at radius 2 is 1.79 bits per heavy atom. The van der Waals surface area contributed by atoms with Crippen molar-refractivity contribution in [3.05, 3.63) is 63.6 Å². The van der Waals surface area contributed by atoms with Crippen molar-refractivity contribution in [2.75, 3.05) is 4.90 Å². The molecule has 0 unspecified atom stereocenters. The van der Waals surface area contributed by atoms with Crippen LogP contribution in [-0.2, 0) is 19.9 Å². The highest BCUT2D eigenvalue weighted by Crippen LogP contribution is 2.50. The first kappa shape index (κ1) is 18.7. The summed E-state index contributed by atoms with van der Waals surface area (Å²) in [4.78, 5) is 39.2.